The van der Waals surface area contributed by atoms with Crippen LogP contribution >= 0.6 is 0 Å². The van der Waals surface area contributed by atoms with Crippen LogP contribution in [0, 0.1) is 0 Å². The van der Waals surface area contributed by atoms with Gasteiger partial charge in [-0.25, -0.2) is 13.1 Å². The summed E-state index contributed by atoms with van der Waals surface area (Å²) in [5.41, 5.74) is 2.27. The topological polar surface area (TPSA) is 130 Å². The van der Waals surface area contributed by atoms with Gasteiger partial charge in [0.05, 0.1) is 10.5 Å². The lowest BCUT2D eigenvalue weighted by atomic mass is 9.86. The first-order valence-corrected chi connectivity index (χ1v) is 9.35. The Hall–Kier alpha value is -2.26. The number of aliphatic hydroxyl groups is 2. The van der Waals surface area contributed by atoms with Crippen molar-refractivity contribution >= 4 is 15.9 Å². The van der Waals surface area contributed by atoms with Gasteiger partial charge in [0, 0.05) is 6.54 Å². The molecule has 2 aromatic carbocycles. The minimum absolute atomic E-state index is 0.0299. The Morgan fingerprint density at radius 1 is 1.04 bits per heavy atom. The summed E-state index contributed by atoms with van der Waals surface area (Å²) in [6.07, 6.45) is 0. The number of nitrogens with two attached hydrogens (primary N) is 1. The molecule has 0 aliphatic heterocycles. The maximum absolute atomic E-state index is 12.4. The van der Waals surface area contributed by atoms with Gasteiger partial charge in [0.2, 0.25) is 10.0 Å². The van der Waals surface area contributed by atoms with Gasteiger partial charge in [0.25, 0.3) is 5.91 Å². The molecular weight excluding hydrogens is 356 g/mol. The molecule has 0 aliphatic carbocycles. The summed E-state index contributed by atoms with van der Waals surface area (Å²) in [5, 5.41) is 20.7. The predicted octanol–water partition coefficient (Wildman–Crippen LogP) is 0.457. The standard InChI is InChI=1S/C18H22N2O5S/c1-17(2,22)12-20-26(24,25)15-10-6-9-14(11-15)18(23,16(19)21)13-7-4-3-5-8-13/h3-11,20,22-23H,12H2,1-2H3,(H2,19,21). The van der Waals surface area contributed by atoms with Gasteiger partial charge in [0.1, 0.15) is 0 Å². The van der Waals surface area contributed by atoms with E-state index in [9.17, 15) is 23.4 Å². The van der Waals surface area contributed by atoms with Crippen LogP contribution in [-0.4, -0.2) is 36.7 Å². The zero-order valence-corrected chi connectivity index (χ0v) is 15.3. The second kappa shape index (κ2) is 7.16. The largest absolute Gasteiger partial charge is 0.389 e. The normalized spacial score (nSPS) is 14.6. The van der Waals surface area contributed by atoms with Crippen LogP contribution in [-0.2, 0) is 20.4 Å². The third kappa shape index (κ3) is 4.28. The molecule has 0 saturated heterocycles. The van der Waals surface area contributed by atoms with Crippen LogP contribution in [0.2, 0.25) is 0 Å². The van der Waals surface area contributed by atoms with Crippen molar-refractivity contribution in [3.8, 4) is 0 Å². The molecular formula is C18H22N2O5S. The smallest absolute Gasteiger partial charge is 0.258 e. The molecule has 0 fully saturated rings. The molecule has 0 aromatic heterocycles. The lowest BCUT2D eigenvalue weighted by Crippen LogP contribution is -2.42. The van der Waals surface area contributed by atoms with Gasteiger partial charge in [-0.1, -0.05) is 42.5 Å². The Balaban J connectivity index is 2.49. The van der Waals surface area contributed by atoms with E-state index < -0.39 is 27.1 Å². The van der Waals surface area contributed by atoms with E-state index in [1.54, 1.807) is 18.2 Å². The molecule has 0 saturated carbocycles. The van der Waals surface area contributed by atoms with Crippen molar-refractivity contribution in [2.45, 2.75) is 29.9 Å². The molecule has 8 heteroatoms. The van der Waals surface area contributed by atoms with E-state index in [1.807, 2.05) is 0 Å². The SMILES string of the molecule is CC(C)(O)CNS(=O)(=O)c1cccc(C(O)(C(N)=O)c2ccccc2)c1. The van der Waals surface area contributed by atoms with E-state index in [4.69, 9.17) is 5.73 Å². The number of sulfonamides is 1. The van der Waals surface area contributed by atoms with Crippen molar-refractivity contribution in [3.63, 3.8) is 0 Å². The Labute approximate surface area is 152 Å². The average molecular weight is 378 g/mol. The first kappa shape index (κ1) is 20.1. The van der Waals surface area contributed by atoms with E-state index in [1.165, 1.54) is 50.2 Å². The lowest BCUT2D eigenvalue weighted by molar-refractivity contribution is -0.133. The van der Waals surface area contributed by atoms with Crippen molar-refractivity contribution in [2.75, 3.05) is 6.54 Å². The van der Waals surface area contributed by atoms with Crippen LogP contribution in [0.3, 0.4) is 0 Å². The van der Waals surface area contributed by atoms with Crippen LogP contribution in [0.4, 0.5) is 0 Å². The fourth-order valence-electron chi connectivity index (χ4n) is 2.37. The number of hydrogen-bond acceptors (Lipinski definition) is 5. The van der Waals surface area contributed by atoms with E-state index in [0.29, 0.717) is 0 Å². The molecule has 0 radical (unpaired) electrons. The summed E-state index contributed by atoms with van der Waals surface area (Å²) in [6, 6.07) is 13.4. The van der Waals surface area contributed by atoms with Crippen LogP contribution < -0.4 is 10.5 Å². The van der Waals surface area contributed by atoms with Crippen molar-refractivity contribution < 1.29 is 23.4 Å². The maximum atomic E-state index is 12.4. The van der Waals surface area contributed by atoms with Gasteiger partial charge >= 0.3 is 0 Å². The van der Waals surface area contributed by atoms with Crippen LogP contribution in [0.5, 0.6) is 0 Å². The molecule has 1 unspecified atom stereocenters. The number of amides is 1. The van der Waals surface area contributed by atoms with Gasteiger partial charge in [-0.15, -0.1) is 0 Å². The van der Waals surface area contributed by atoms with Gasteiger partial charge in [-0.3, -0.25) is 4.79 Å². The van der Waals surface area contributed by atoms with Gasteiger partial charge in [-0.05, 0) is 37.1 Å². The van der Waals surface area contributed by atoms with Gasteiger partial charge in [-0.2, -0.15) is 0 Å². The first-order valence-electron chi connectivity index (χ1n) is 7.87. The van der Waals surface area contributed by atoms with Crippen LogP contribution in [0.25, 0.3) is 0 Å². The third-order valence-corrected chi connectivity index (χ3v) is 5.20. The van der Waals surface area contributed by atoms with E-state index in [-0.39, 0.29) is 22.6 Å². The third-order valence-electron chi connectivity index (χ3n) is 3.81. The summed E-state index contributed by atoms with van der Waals surface area (Å²) in [7, 11) is -3.96. The molecule has 0 aliphatic rings. The van der Waals surface area contributed by atoms with Crippen molar-refractivity contribution in [2.24, 2.45) is 5.73 Å². The second-order valence-corrected chi connectivity index (χ2v) is 8.37. The summed E-state index contributed by atoms with van der Waals surface area (Å²) in [4.78, 5) is 11.9. The van der Waals surface area contributed by atoms with Gasteiger partial charge in [0.15, 0.2) is 5.60 Å². The second-order valence-electron chi connectivity index (χ2n) is 6.61. The average Bonchev–Trinajstić information content (AvgIpc) is 2.59. The van der Waals surface area contributed by atoms with E-state index in [0.717, 1.165) is 0 Å². The minimum Gasteiger partial charge on any atom is -0.389 e. The highest BCUT2D eigenvalue weighted by molar-refractivity contribution is 7.89. The summed E-state index contributed by atoms with van der Waals surface area (Å²) in [6.45, 7) is 2.73. The number of primary amides is 1. The Morgan fingerprint density at radius 3 is 2.15 bits per heavy atom. The zero-order chi connectivity index (χ0) is 19.6. The molecule has 26 heavy (non-hydrogen) atoms. The molecule has 7 nitrogen and oxygen atoms in total. The fraction of sp³-hybridized carbons (Fsp3) is 0.278. The van der Waals surface area contributed by atoms with Crippen molar-refractivity contribution in [3.05, 3.63) is 65.7 Å². The first-order chi connectivity index (χ1) is 12.0. The Kier molecular flexibility index (Phi) is 5.52. The highest BCUT2D eigenvalue weighted by Crippen LogP contribution is 2.30. The Bertz CT molecular complexity index is 891. The lowest BCUT2D eigenvalue weighted by Gasteiger charge is -2.26. The molecule has 0 heterocycles. The number of nitrogens with one attached hydrogen (secondary N) is 1. The van der Waals surface area contributed by atoms with Gasteiger partial charge < -0.3 is 15.9 Å². The zero-order valence-electron chi connectivity index (χ0n) is 14.5. The number of benzene rings is 2. The molecule has 0 spiro atoms. The summed E-state index contributed by atoms with van der Waals surface area (Å²) in [5.74, 6) is -1.03. The fourth-order valence-corrected chi connectivity index (χ4v) is 3.62. The minimum atomic E-state index is -3.96. The number of carbonyl (C=O) groups is 1. The Morgan fingerprint density at radius 2 is 1.62 bits per heavy atom. The summed E-state index contributed by atoms with van der Waals surface area (Å²) >= 11 is 0. The highest BCUT2D eigenvalue weighted by Gasteiger charge is 2.38. The molecule has 1 amide bonds. The van der Waals surface area contributed by atoms with E-state index >= 15 is 0 Å². The molecule has 2 aromatic rings. The number of rotatable bonds is 7. The van der Waals surface area contributed by atoms with E-state index in [2.05, 4.69) is 4.72 Å². The summed E-state index contributed by atoms with van der Waals surface area (Å²) < 4.78 is 27.2. The molecule has 2 rings (SSSR count). The highest BCUT2D eigenvalue weighted by atomic mass is 32.2. The molecule has 140 valence electrons. The molecule has 0 bridgehead atoms. The van der Waals surface area contributed by atoms with Crippen molar-refractivity contribution in [1.82, 2.24) is 4.72 Å². The quantitative estimate of drug-likeness (QED) is 0.556. The molecule has 5 N–H and O–H groups in total. The van der Waals surface area contributed by atoms with Crippen molar-refractivity contribution in [1.29, 1.82) is 0 Å². The van der Waals surface area contributed by atoms with Crippen LogP contribution in [0.15, 0.2) is 59.5 Å². The molecule has 1 atom stereocenters. The number of hydrogen-bond donors (Lipinski definition) is 4. The number of carbonyl (C=O) groups excluding carboxylic acids is 1. The van der Waals surface area contributed by atoms with Crippen LogP contribution in [0.1, 0.15) is 25.0 Å². The predicted molar refractivity (Wildman–Crippen MR) is 96.6 cm³/mol. The monoisotopic (exact) mass is 378 g/mol. The maximum Gasteiger partial charge on any atom is 0.258 e.